The van der Waals surface area contributed by atoms with E-state index in [9.17, 15) is 9.59 Å². The van der Waals surface area contributed by atoms with Gasteiger partial charge in [0.25, 0.3) is 11.8 Å². The number of nitrogens with zero attached hydrogens (tertiary/aromatic N) is 4. The first-order valence-corrected chi connectivity index (χ1v) is 12.1. The number of amides is 2. The minimum atomic E-state index is -1.11. The number of benzene rings is 2. The lowest BCUT2D eigenvalue weighted by molar-refractivity contribution is -0.120. The molecule has 4 rings (SSSR count). The van der Waals surface area contributed by atoms with Crippen molar-refractivity contribution in [2.75, 3.05) is 9.80 Å². The van der Waals surface area contributed by atoms with Crippen LogP contribution < -0.4 is 15.1 Å². The molecule has 0 radical (unpaired) electrons. The van der Waals surface area contributed by atoms with Crippen LogP contribution in [0, 0.1) is 24.1 Å². The Kier molecular flexibility index (Phi) is 6.60. The summed E-state index contributed by atoms with van der Waals surface area (Å²) in [5.74, 6) is -1.19. The van der Waals surface area contributed by atoms with Gasteiger partial charge in [0.15, 0.2) is 5.11 Å². The van der Waals surface area contributed by atoms with Crippen LogP contribution in [0.25, 0.3) is 0 Å². The van der Waals surface area contributed by atoms with E-state index in [1.54, 1.807) is 49.4 Å². The molecular formula is C24H19ClFN5O2S2. The van der Waals surface area contributed by atoms with Crippen molar-refractivity contribution in [2.24, 2.45) is 0 Å². The second kappa shape index (κ2) is 9.34. The Hall–Kier alpha value is -3.39. The molecule has 11 heteroatoms. The lowest BCUT2D eigenvalue weighted by Crippen LogP contribution is -2.44. The number of rotatable bonds is 5. The van der Waals surface area contributed by atoms with Crippen LogP contribution in [0.15, 0.2) is 41.9 Å². The number of hydrogen-bond donors (Lipinski definition) is 1. The molecule has 1 N–H and O–H groups in total. The van der Waals surface area contributed by atoms with Gasteiger partial charge in [0.2, 0.25) is 0 Å². The smallest absolute Gasteiger partial charge is 0.263 e. The summed E-state index contributed by atoms with van der Waals surface area (Å²) in [6.07, 6.45) is 0. The van der Waals surface area contributed by atoms with Crippen LogP contribution in [0.4, 0.5) is 15.8 Å². The third-order valence-corrected chi connectivity index (χ3v) is 7.29. The number of thiazole rings is 1. The van der Waals surface area contributed by atoms with E-state index in [4.69, 9.17) is 29.1 Å². The molecule has 2 amide bonds. The van der Waals surface area contributed by atoms with Crippen LogP contribution in [0.3, 0.4) is 0 Å². The summed E-state index contributed by atoms with van der Waals surface area (Å²) in [7, 11) is 0. The fourth-order valence-corrected chi connectivity index (χ4v) is 5.24. The lowest BCUT2D eigenvalue weighted by Gasteiger charge is -2.29. The molecule has 0 spiro atoms. The molecule has 1 aliphatic heterocycles. The van der Waals surface area contributed by atoms with Gasteiger partial charge in [-0.1, -0.05) is 17.7 Å². The van der Waals surface area contributed by atoms with Gasteiger partial charge in [-0.3, -0.25) is 14.5 Å². The van der Waals surface area contributed by atoms with Crippen LogP contribution >= 0.6 is 35.2 Å². The maximum absolute atomic E-state index is 15.0. The van der Waals surface area contributed by atoms with E-state index in [2.05, 4.69) is 10.3 Å². The van der Waals surface area contributed by atoms with Gasteiger partial charge in [-0.2, -0.15) is 5.26 Å². The van der Waals surface area contributed by atoms with Crippen molar-refractivity contribution < 1.29 is 14.0 Å². The first-order valence-electron chi connectivity index (χ1n) is 10.4. The van der Waals surface area contributed by atoms with Crippen molar-refractivity contribution in [3.05, 3.63) is 74.4 Å². The van der Waals surface area contributed by atoms with Crippen molar-refractivity contribution in [3.63, 3.8) is 0 Å². The van der Waals surface area contributed by atoms with Crippen molar-refractivity contribution in [3.8, 4) is 6.07 Å². The predicted molar refractivity (Wildman–Crippen MR) is 137 cm³/mol. The summed E-state index contributed by atoms with van der Waals surface area (Å²) < 4.78 is 15.0. The van der Waals surface area contributed by atoms with Gasteiger partial charge in [0.1, 0.15) is 22.3 Å². The number of nitrogens with one attached hydrogen (secondary N) is 1. The number of nitriles is 1. The number of anilines is 2. The molecule has 2 aromatic carbocycles. The van der Waals surface area contributed by atoms with Crippen LogP contribution in [0.1, 0.15) is 40.3 Å². The first-order chi connectivity index (χ1) is 16.6. The maximum Gasteiger partial charge on any atom is 0.263 e. The fourth-order valence-electron chi connectivity index (χ4n) is 3.78. The SMILES string of the molecule is Cc1ncsc1C(=O)NCc1ccc(N2C(=S)N(c3ccc(C#N)c(Cl)c3)C(=O)C2(C)C)cc1F. The monoisotopic (exact) mass is 527 g/mol. The molecule has 0 aliphatic carbocycles. The lowest BCUT2D eigenvalue weighted by atomic mass is 10.0. The average molecular weight is 528 g/mol. The van der Waals surface area contributed by atoms with Crippen LogP contribution in [0.5, 0.6) is 0 Å². The second-order valence-electron chi connectivity index (χ2n) is 8.32. The molecule has 1 aliphatic rings. The van der Waals surface area contributed by atoms with Gasteiger partial charge >= 0.3 is 0 Å². The molecule has 7 nitrogen and oxygen atoms in total. The predicted octanol–water partition coefficient (Wildman–Crippen LogP) is 4.96. The van der Waals surface area contributed by atoms with E-state index in [-0.39, 0.29) is 39.6 Å². The molecule has 0 atom stereocenters. The highest BCUT2D eigenvalue weighted by atomic mass is 35.5. The normalized spacial score (nSPS) is 14.9. The van der Waals surface area contributed by atoms with Crippen LogP contribution in [0.2, 0.25) is 5.02 Å². The summed E-state index contributed by atoms with van der Waals surface area (Å²) >= 11 is 13.0. The number of aryl methyl sites for hydroxylation is 1. The Labute approximate surface area is 215 Å². The van der Waals surface area contributed by atoms with Gasteiger partial charge in [-0.05, 0) is 63.3 Å². The highest BCUT2D eigenvalue weighted by molar-refractivity contribution is 7.81. The number of carbonyl (C=O) groups is 2. The van der Waals surface area contributed by atoms with E-state index >= 15 is 4.39 Å². The van der Waals surface area contributed by atoms with Gasteiger partial charge in [0.05, 0.1) is 27.5 Å². The Morgan fingerprint density at radius 3 is 2.60 bits per heavy atom. The van der Waals surface area contributed by atoms with Crippen molar-refractivity contribution >= 4 is 63.5 Å². The maximum atomic E-state index is 15.0. The van der Waals surface area contributed by atoms with E-state index in [1.807, 2.05) is 6.07 Å². The largest absolute Gasteiger partial charge is 0.347 e. The van der Waals surface area contributed by atoms with Crippen molar-refractivity contribution in [1.29, 1.82) is 5.26 Å². The van der Waals surface area contributed by atoms with E-state index in [1.165, 1.54) is 34.4 Å². The molecular weight excluding hydrogens is 509 g/mol. The highest BCUT2D eigenvalue weighted by Crippen LogP contribution is 2.37. The summed E-state index contributed by atoms with van der Waals surface area (Å²) in [4.78, 5) is 33.1. The minimum absolute atomic E-state index is 0.00901. The van der Waals surface area contributed by atoms with Gasteiger partial charge < -0.3 is 10.2 Å². The zero-order valence-corrected chi connectivity index (χ0v) is 21.3. The standard InChI is InChI=1S/C24H19ClFN5O2S2/c1-13-20(35-12-29-13)21(32)28-11-15-5-7-17(9-19(15)26)31-23(34)30(22(33)24(31,2)3)16-6-4-14(10-27)18(25)8-16/h4-9,12H,11H2,1-3H3,(H,28,32). The molecule has 2 heterocycles. The van der Waals surface area contributed by atoms with Gasteiger partial charge in [0, 0.05) is 17.8 Å². The van der Waals surface area contributed by atoms with E-state index < -0.39 is 11.4 Å². The molecule has 35 heavy (non-hydrogen) atoms. The number of carbonyl (C=O) groups excluding carboxylic acids is 2. The van der Waals surface area contributed by atoms with Crippen LogP contribution in [-0.2, 0) is 11.3 Å². The molecule has 3 aromatic rings. The summed E-state index contributed by atoms with van der Waals surface area (Å²) in [5.41, 5.74) is 2.46. The summed E-state index contributed by atoms with van der Waals surface area (Å²) in [6, 6.07) is 11.1. The van der Waals surface area contributed by atoms with Gasteiger partial charge in [-0.25, -0.2) is 9.37 Å². The Bertz CT molecular complexity index is 1420. The van der Waals surface area contributed by atoms with Crippen molar-refractivity contribution in [1.82, 2.24) is 10.3 Å². The molecule has 0 unspecified atom stereocenters. The van der Waals surface area contributed by atoms with E-state index in [0.29, 0.717) is 21.9 Å². The Morgan fingerprint density at radius 2 is 2.00 bits per heavy atom. The molecule has 0 bridgehead atoms. The van der Waals surface area contributed by atoms with Crippen molar-refractivity contribution in [2.45, 2.75) is 32.9 Å². The Morgan fingerprint density at radius 1 is 1.29 bits per heavy atom. The minimum Gasteiger partial charge on any atom is -0.347 e. The summed E-state index contributed by atoms with van der Waals surface area (Å²) in [5, 5.41) is 12.2. The number of thiocarbonyl (C=S) groups is 1. The molecule has 1 aromatic heterocycles. The third kappa shape index (κ3) is 4.38. The highest BCUT2D eigenvalue weighted by Gasteiger charge is 2.50. The number of aromatic nitrogens is 1. The molecule has 0 saturated carbocycles. The topological polar surface area (TPSA) is 89.3 Å². The average Bonchev–Trinajstić information content (AvgIpc) is 3.31. The molecule has 1 saturated heterocycles. The molecule has 1 fully saturated rings. The first kappa shape index (κ1) is 24.7. The number of halogens is 2. The fraction of sp³-hybridized carbons (Fsp3) is 0.208. The zero-order valence-electron chi connectivity index (χ0n) is 18.9. The van der Waals surface area contributed by atoms with Crippen LogP contribution in [-0.4, -0.2) is 27.4 Å². The summed E-state index contributed by atoms with van der Waals surface area (Å²) in [6.45, 7) is 5.11. The number of hydrogen-bond acceptors (Lipinski definition) is 6. The Balaban J connectivity index is 1.59. The zero-order chi connectivity index (χ0) is 25.5. The molecule has 178 valence electrons. The van der Waals surface area contributed by atoms with Gasteiger partial charge in [-0.15, -0.1) is 11.3 Å². The third-order valence-electron chi connectivity index (χ3n) is 5.69. The van der Waals surface area contributed by atoms with E-state index in [0.717, 1.165) is 0 Å². The second-order valence-corrected chi connectivity index (χ2v) is 9.95. The quantitative estimate of drug-likeness (QED) is 0.472.